The number of urea groups is 1. The fraction of sp³-hybridized carbons (Fsp3) is 0.300. The number of anilines is 2. The molecule has 0 saturated carbocycles. The molecule has 1 aliphatic rings. The first kappa shape index (κ1) is 19.1. The maximum Gasteiger partial charge on any atom is 0.323 e. The molecule has 150 valence electrons. The Morgan fingerprint density at radius 1 is 1.17 bits per heavy atom. The third kappa shape index (κ3) is 4.62. The van der Waals surface area contributed by atoms with E-state index in [1.165, 1.54) is 11.3 Å². The largest absolute Gasteiger partial charge is 0.360 e. The van der Waals surface area contributed by atoms with Gasteiger partial charge >= 0.3 is 6.03 Å². The van der Waals surface area contributed by atoms with Crippen LogP contribution < -0.4 is 10.6 Å². The molecule has 0 radical (unpaired) electrons. The summed E-state index contributed by atoms with van der Waals surface area (Å²) in [4.78, 5) is 31.1. The average Bonchev–Trinajstić information content (AvgIpc) is 3.37. The van der Waals surface area contributed by atoms with Gasteiger partial charge in [0.15, 0.2) is 10.9 Å². The van der Waals surface area contributed by atoms with Crippen molar-refractivity contribution in [3.8, 4) is 11.3 Å². The first-order chi connectivity index (χ1) is 14.1. The monoisotopic (exact) mass is 411 g/mol. The number of hydrogen-bond acceptors (Lipinski definition) is 6. The van der Waals surface area contributed by atoms with E-state index in [0.29, 0.717) is 42.6 Å². The molecule has 4 rings (SSSR count). The molecule has 1 aromatic carbocycles. The second-order valence-corrected chi connectivity index (χ2v) is 7.77. The van der Waals surface area contributed by atoms with Gasteiger partial charge in [-0.15, -0.1) is 11.3 Å². The van der Waals surface area contributed by atoms with E-state index in [1.54, 1.807) is 17.9 Å². The lowest BCUT2D eigenvalue weighted by Crippen LogP contribution is -2.43. The van der Waals surface area contributed by atoms with Gasteiger partial charge in [-0.25, -0.2) is 9.78 Å². The summed E-state index contributed by atoms with van der Waals surface area (Å²) in [6.45, 7) is 2.79. The fourth-order valence-electron chi connectivity index (χ4n) is 3.24. The van der Waals surface area contributed by atoms with E-state index < -0.39 is 0 Å². The molecular formula is C20H21N5O3S. The summed E-state index contributed by atoms with van der Waals surface area (Å²) in [5, 5.41) is 11.9. The fourth-order valence-corrected chi connectivity index (χ4v) is 3.95. The number of nitrogens with one attached hydrogen (secondary N) is 2. The second-order valence-electron chi connectivity index (χ2n) is 6.91. The van der Waals surface area contributed by atoms with Crippen LogP contribution in [0.15, 0.2) is 46.3 Å². The number of carbonyl (C=O) groups excluding carboxylic acids is 2. The van der Waals surface area contributed by atoms with E-state index in [0.717, 1.165) is 11.3 Å². The van der Waals surface area contributed by atoms with Crippen LogP contribution in [0.25, 0.3) is 11.3 Å². The minimum absolute atomic E-state index is 0.0919. The molecule has 2 aromatic heterocycles. The van der Waals surface area contributed by atoms with Gasteiger partial charge in [0, 0.05) is 36.0 Å². The number of aryl methyl sites for hydroxylation is 1. The number of carbonyl (C=O) groups is 2. The van der Waals surface area contributed by atoms with Gasteiger partial charge in [-0.3, -0.25) is 10.1 Å². The van der Waals surface area contributed by atoms with E-state index in [-0.39, 0.29) is 17.9 Å². The van der Waals surface area contributed by atoms with E-state index in [9.17, 15) is 9.59 Å². The van der Waals surface area contributed by atoms with Gasteiger partial charge in [0.25, 0.3) is 0 Å². The molecule has 1 saturated heterocycles. The molecule has 8 nitrogen and oxygen atoms in total. The molecule has 0 unspecified atom stereocenters. The lowest BCUT2D eigenvalue weighted by atomic mass is 9.96. The molecule has 29 heavy (non-hydrogen) atoms. The van der Waals surface area contributed by atoms with Crippen LogP contribution in [0.5, 0.6) is 0 Å². The molecule has 0 bridgehead atoms. The topological polar surface area (TPSA) is 100 Å². The molecule has 0 atom stereocenters. The van der Waals surface area contributed by atoms with E-state index >= 15 is 0 Å². The highest BCUT2D eigenvalue weighted by Crippen LogP contribution is 2.25. The van der Waals surface area contributed by atoms with Crippen molar-refractivity contribution in [2.45, 2.75) is 19.8 Å². The Morgan fingerprint density at radius 2 is 1.93 bits per heavy atom. The Labute approximate surface area is 171 Å². The third-order valence-corrected chi connectivity index (χ3v) is 5.58. The molecule has 1 aliphatic heterocycles. The van der Waals surface area contributed by atoms with Gasteiger partial charge in [-0.2, -0.15) is 0 Å². The zero-order valence-electron chi connectivity index (χ0n) is 15.9. The summed E-state index contributed by atoms with van der Waals surface area (Å²) in [6, 6.07) is 11.3. The Bertz CT molecular complexity index is 992. The van der Waals surface area contributed by atoms with Gasteiger partial charge in [0.05, 0.1) is 5.69 Å². The smallest absolute Gasteiger partial charge is 0.323 e. The molecule has 9 heteroatoms. The van der Waals surface area contributed by atoms with Crippen molar-refractivity contribution >= 4 is 34.2 Å². The van der Waals surface area contributed by atoms with Crippen LogP contribution in [0.2, 0.25) is 0 Å². The minimum Gasteiger partial charge on any atom is -0.360 e. The van der Waals surface area contributed by atoms with Crippen molar-refractivity contribution < 1.29 is 14.1 Å². The zero-order chi connectivity index (χ0) is 20.2. The lowest BCUT2D eigenvalue weighted by Gasteiger charge is -2.30. The van der Waals surface area contributed by atoms with Crippen LogP contribution >= 0.6 is 11.3 Å². The first-order valence-corrected chi connectivity index (χ1v) is 10.3. The Kier molecular flexibility index (Phi) is 5.57. The number of likely N-dealkylation sites (tertiary alicyclic amines) is 1. The predicted octanol–water partition coefficient (Wildman–Crippen LogP) is 3.99. The number of aromatic nitrogens is 2. The first-order valence-electron chi connectivity index (χ1n) is 9.39. The summed E-state index contributed by atoms with van der Waals surface area (Å²) in [6.07, 6.45) is 1.20. The van der Waals surface area contributed by atoms with Crippen LogP contribution in [0.1, 0.15) is 18.6 Å². The minimum atomic E-state index is -0.190. The summed E-state index contributed by atoms with van der Waals surface area (Å²) >= 11 is 1.40. The number of rotatable bonds is 4. The molecule has 1 fully saturated rings. The molecule has 3 aromatic rings. The van der Waals surface area contributed by atoms with E-state index in [4.69, 9.17) is 4.52 Å². The number of hydrogen-bond donors (Lipinski definition) is 2. The molecule has 3 heterocycles. The highest BCUT2D eigenvalue weighted by atomic mass is 32.1. The molecule has 3 amide bonds. The maximum absolute atomic E-state index is 12.5. The molecule has 2 N–H and O–H groups in total. The van der Waals surface area contributed by atoms with Gasteiger partial charge in [0.2, 0.25) is 5.91 Å². The van der Waals surface area contributed by atoms with Crippen LogP contribution in [0.4, 0.5) is 15.7 Å². The summed E-state index contributed by atoms with van der Waals surface area (Å²) in [5.41, 5.74) is 1.85. The van der Waals surface area contributed by atoms with Crippen LogP contribution in [-0.4, -0.2) is 40.1 Å². The number of thiazole rings is 1. The Morgan fingerprint density at radius 3 is 2.62 bits per heavy atom. The van der Waals surface area contributed by atoms with Gasteiger partial charge < -0.3 is 14.7 Å². The van der Waals surface area contributed by atoms with Gasteiger partial charge in [-0.05, 0) is 19.8 Å². The Hall–Kier alpha value is -3.20. The van der Waals surface area contributed by atoms with E-state index in [1.807, 2.05) is 35.7 Å². The molecular weight excluding hydrogens is 390 g/mol. The number of benzene rings is 1. The zero-order valence-corrected chi connectivity index (χ0v) is 16.7. The average molecular weight is 411 g/mol. The SMILES string of the molecule is Cc1cc(NC(=O)C2CCN(C(=O)Nc3nc(-c4ccccc4)cs3)CC2)no1. The number of nitrogens with zero attached hydrogens (tertiary/aromatic N) is 3. The highest BCUT2D eigenvalue weighted by Gasteiger charge is 2.28. The Balaban J connectivity index is 1.28. The van der Waals surface area contributed by atoms with Crippen molar-refractivity contribution in [3.63, 3.8) is 0 Å². The van der Waals surface area contributed by atoms with Crippen LogP contribution in [0.3, 0.4) is 0 Å². The summed E-state index contributed by atoms with van der Waals surface area (Å²) in [5.74, 6) is 0.821. The van der Waals surface area contributed by atoms with Gasteiger partial charge in [-0.1, -0.05) is 35.5 Å². The van der Waals surface area contributed by atoms with Crippen LogP contribution in [0, 0.1) is 12.8 Å². The number of amides is 3. The highest BCUT2D eigenvalue weighted by molar-refractivity contribution is 7.14. The van der Waals surface area contributed by atoms with Crippen molar-refractivity contribution in [1.29, 1.82) is 0 Å². The summed E-state index contributed by atoms with van der Waals surface area (Å²) in [7, 11) is 0. The molecule has 0 spiro atoms. The number of piperidine rings is 1. The standard InChI is InChI=1S/C20H21N5O3S/c1-13-11-17(24-28-13)22-18(26)15-7-9-25(10-8-15)20(27)23-19-21-16(12-29-19)14-5-3-2-4-6-14/h2-6,11-12,15H,7-10H2,1H3,(H,21,23,27)(H,22,24,26). The second kappa shape index (κ2) is 8.44. The van der Waals surface area contributed by atoms with Gasteiger partial charge in [0.1, 0.15) is 5.76 Å². The van der Waals surface area contributed by atoms with Crippen molar-refractivity contribution in [1.82, 2.24) is 15.0 Å². The van der Waals surface area contributed by atoms with Crippen LogP contribution in [-0.2, 0) is 4.79 Å². The maximum atomic E-state index is 12.5. The van der Waals surface area contributed by atoms with Crippen molar-refractivity contribution in [3.05, 3.63) is 47.5 Å². The third-order valence-electron chi connectivity index (χ3n) is 4.82. The molecule has 0 aliphatic carbocycles. The normalized spacial score (nSPS) is 14.6. The van der Waals surface area contributed by atoms with E-state index in [2.05, 4.69) is 20.8 Å². The lowest BCUT2D eigenvalue weighted by molar-refractivity contribution is -0.121. The predicted molar refractivity (Wildman–Crippen MR) is 111 cm³/mol. The van der Waals surface area contributed by atoms with Crippen molar-refractivity contribution in [2.24, 2.45) is 5.92 Å². The summed E-state index contributed by atoms with van der Waals surface area (Å²) < 4.78 is 4.96. The van der Waals surface area contributed by atoms with Crippen molar-refractivity contribution in [2.75, 3.05) is 23.7 Å². The quantitative estimate of drug-likeness (QED) is 0.676.